The molecule has 158 valence electrons. The van der Waals surface area contributed by atoms with E-state index in [9.17, 15) is 19.2 Å². The number of hydrogen-bond acceptors (Lipinski definition) is 6. The number of rotatable bonds is 5. The van der Waals surface area contributed by atoms with Crippen LogP contribution in [0.15, 0.2) is 6.20 Å². The van der Waals surface area contributed by atoms with Gasteiger partial charge in [-0.1, -0.05) is 46.4 Å². The maximum absolute atomic E-state index is 12.7. The number of carbonyl (C=O) groups is 4. The molecule has 2 aromatic rings. The molecule has 0 spiro atoms. The van der Waals surface area contributed by atoms with Crippen molar-refractivity contribution in [3.8, 4) is 0 Å². The summed E-state index contributed by atoms with van der Waals surface area (Å²) in [6.07, 6.45) is 1.22. The van der Waals surface area contributed by atoms with Gasteiger partial charge in [-0.25, -0.2) is 4.79 Å². The number of amides is 3. The highest BCUT2D eigenvalue weighted by Gasteiger charge is 2.42. The van der Waals surface area contributed by atoms with Crippen LogP contribution in [0.2, 0.25) is 20.1 Å². The van der Waals surface area contributed by atoms with Crippen LogP contribution < -0.4 is 5.32 Å². The number of aromatic nitrogens is 2. The van der Waals surface area contributed by atoms with E-state index in [4.69, 9.17) is 51.1 Å². The van der Waals surface area contributed by atoms with E-state index in [1.807, 2.05) is 0 Å². The number of nitrogens with zero attached hydrogens (tertiary/aromatic N) is 3. The molecule has 0 atom stereocenters. The summed E-state index contributed by atoms with van der Waals surface area (Å²) in [5.41, 5.74) is -0.456. The van der Waals surface area contributed by atoms with Crippen LogP contribution in [-0.4, -0.2) is 51.5 Å². The quantitative estimate of drug-likeness (QED) is 0.295. The Kier molecular flexibility index (Phi) is 6.28. The first-order chi connectivity index (χ1) is 14.1. The van der Waals surface area contributed by atoms with E-state index in [1.165, 1.54) is 17.9 Å². The average Bonchev–Trinajstić information content (AvgIpc) is 3.17. The minimum atomic E-state index is -0.855. The monoisotopic (exact) mass is 492 g/mol. The molecule has 0 bridgehead atoms. The van der Waals surface area contributed by atoms with Crippen molar-refractivity contribution >= 4 is 75.9 Å². The van der Waals surface area contributed by atoms with Gasteiger partial charge < -0.3 is 10.1 Å². The zero-order valence-corrected chi connectivity index (χ0v) is 18.4. The fraction of sp³-hybridized carbons (Fsp3) is 0.235. The lowest BCUT2D eigenvalue weighted by atomic mass is 10.1. The van der Waals surface area contributed by atoms with Gasteiger partial charge in [0, 0.05) is 7.05 Å². The van der Waals surface area contributed by atoms with Crippen molar-refractivity contribution in [1.29, 1.82) is 0 Å². The van der Waals surface area contributed by atoms with Crippen LogP contribution in [0.25, 0.3) is 0 Å². The van der Waals surface area contributed by atoms with Crippen molar-refractivity contribution in [3.05, 3.63) is 43.0 Å². The molecular weight excluding hydrogens is 482 g/mol. The summed E-state index contributed by atoms with van der Waals surface area (Å²) in [7, 11) is 1.49. The fourth-order valence-electron chi connectivity index (χ4n) is 2.80. The van der Waals surface area contributed by atoms with E-state index in [0.29, 0.717) is 4.90 Å². The third-order valence-electron chi connectivity index (χ3n) is 4.18. The van der Waals surface area contributed by atoms with Crippen LogP contribution in [0.4, 0.5) is 5.82 Å². The SMILES string of the molecule is CCOC(=O)c1cnn(C)c1NC(=O)CN1C(=O)c2c(Cl)c(Cl)c(Cl)c(Cl)c2C1=O. The Morgan fingerprint density at radius 3 is 2.07 bits per heavy atom. The largest absolute Gasteiger partial charge is 0.462 e. The first-order valence-corrected chi connectivity index (χ1v) is 9.82. The van der Waals surface area contributed by atoms with Gasteiger partial charge in [0.25, 0.3) is 11.8 Å². The first kappa shape index (κ1) is 22.4. The van der Waals surface area contributed by atoms with Gasteiger partial charge in [0.2, 0.25) is 5.91 Å². The number of benzene rings is 1. The predicted octanol–water partition coefficient (Wildman–Crippen LogP) is 3.45. The molecule has 0 radical (unpaired) electrons. The highest BCUT2D eigenvalue weighted by molar-refractivity contribution is 6.55. The van der Waals surface area contributed by atoms with Crippen LogP contribution in [0, 0.1) is 0 Å². The molecule has 0 aliphatic carbocycles. The Balaban J connectivity index is 1.86. The Morgan fingerprint density at radius 1 is 1.03 bits per heavy atom. The lowest BCUT2D eigenvalue weighted by molar-refractivity contribution is -0.116. The summed E-state index contributed by atoms with van der Waals surface area (Å²) < 4.78 is 6.14. The summed E-state index contributed by atoms with van der Waals surface area (Å²) in [4.78, 5) is 50.6. The van der Waals surface area contributed by atoms with Gasteiger partial charge in [0.05, 0.1) is 44.0 Å². The lowest BCUT2D eigenvalue weighted by Crippen LogP contribution is -2.37. The second-order valence-corrected chi connectivity index (χ2v) is 7.51. The highest BCUT2D eigenvalue weighted by atomic mass is 35.5. The molecule has 1 aromatic heterocycles. The molecule has 1 aromatic carbocycles. The van der Waals surface area contributed by atoms with Crippen LogP contribution in [0.3, 0.4) is 0 Å². The topological polar surface area (TPSA) is 111 Å². The second-order valence-electron chi connectivity index (χ2n) is 6.00. The number of fused-ring (bicyclic) bond motifs is 1. The van der Waals surface area contributed by atoms with E-state index >= 15 is 0 Å². The zero-order chi connectivity index (χ0) is 22.3. The summed E-state index contributed by atoms with van der Waals surface area (Å²) in [6.45, 7) is 1.08. The number of imide groups is 1. The highest BCUT2D eigenvalue weighted by Crippen LogP contribution is 2.44. The van der Waals surface area contributed by atoms with Gasteiger partial charge >= 0.3 is 5.97 Å². The summed E-state index contributed by atoms with van der Waals surface area (Å²) >= 11 is 24.0. The summed E-state index contributed by atoms with van der Waals surface area (Å²) in [5, 5.41) is 5.51. The number of carbonyl (C=O) groups excluding carboxylic acids is 4. The van der Waals surface area contributed by atoms with Gasteiger partial charge in [-0.15, -0.1) is 0 Å². The predicted molar refractivity (Wildman–Crippen MR) is 110 cm³/mol. The molecule has 0 saturated carbocycles. The van der Waals surface area contributed by atoms with Gasteiger partial charge in [0.15, 0.2) is 0 Å². The molecule has 1 aliphatic heterocycles. The molecule has 9 nitrogen and oxygen atoms in total. The summed E-state index contributed by atoms with van der Waals surface area (Å²) in [5.74, 6) is -3.14. The van der Waals surface area contributed by atoms with Crippen LogP contribution in [-0.2, 0) is 16.6 Å². The molecule has 3 amide bonds. The zero-order valence-electron chi connectivity index (χ0n) is 15.4. The van der Waals surface area contributed by atoms with Crippen molar-refractivity contribution in [2.75, 3.05) is 18.5 Å². The number of anilines is 1. The average molecular weight is 494 g/mol. The Bertz CT molecular complexity index is 1070. The number of aryl methyl sites for hydroxylation is 1. The number of nitrogens with one attached hydrogen (secondary N) is 1. The van der Waals surface area contributed by atoms with E-state index in [2.05, 4.69) is 10.4 Å². The lowest BCUT2D eigenvalue weighted by Gasteiger charge is -2.14. The molecule has 30 heavy (non-hydrogen) atoms. The third kappa shape index (κ3) is 3.62. The molecule has 0 fully saturated rings. The molecular formula is C17H12Cl4N4O5. The Morgan fingerprint density at radius 2 is 1.57 bits per heavy atom. The Labute approximate surface area is 189 Å². The maximum atomic E-state index is 12.7. The number of esters is 1. The maximum Gasteiger partial charge on any atom is 0.343 e. The first-order valence-electron chi connectivity index (χ1n) is 8.31. The molecule has 13 heteroatoms. The van der Waals surface area contributed by atoms with Crippen molar-refractivity contribution in [2.45, 2.75) is 6.92 Å². The molecule has 3 rings (SSSR count). The smallest absolute Gasteiger partial charge is 0.343 e. The number of halogens is 4. The van der Waals surface area contributed by atoms with Crippen LogP contribution in [0.1, 0.15) is 38.0 Å². The minimum Gasteiger partial charge on any atom is -0.462 e. The number of ether oxygens (including phenoxy) is 1. The standard InChI is InChI=1S/C17H12Cl4N4O5/c1-3-30-17(29)6-4-22-24(2)14(6)23-7(26)5-25-15(27)8-9(16(25)28)11(19)13(21)12(20)10(8)18/h4H,3,5H2,1-2H3,(H,23,26). The third-order valence-corrected chi connectivity index (χ3v) is 5.98. The van der Waals surface area contributed by atoms with Crippen molar-refractivity contribution < 1.29 is 23.9 Å². The summed E-state index contributed by atoms with van der Waals surface area (Å²) in [6, 6.07) is 0. The molecule has 0 unspecified atom stereocenters. The van der Waals surface area contributed by atoms with Gasteiger partial charge in [-0.3, -0.25) is 24.0 Å². The van der Waals surface area contributed by atoms with Crippen LogP contribution in [0.5, 0.6) is 0 Å². The minimum absolute atomic E-state index is 0.0136. The van der Waals surface area contributed by atoms with E-state index in [-0.39, 0.29) is 49.2 Å². The molecule has 0 saturated heterocycles. The van der Waals surface area contributed by atoms with Gasteiger partial charge in [0.1, 0.15) is 17.9 Å². The van der Waals surface area contributed by atoms with E-state index in [1.54, 1.807) is 6.92 Å². The van der Waals surface area contributed by atoms with Crippen molar-refractivity contribution in [2.24, 2.45) is 7.05 Å². The van der Waals surface area contributed by atoms with Gasteiger partial charge in [-0.05, 0) is 6.92 Å². The second kappa shape index (κ2) is 8.43. The van der Waals surface area contributed by atoms with Crippen LogP contribution >= 0.6 is 46.4 Å². The van der Waals surface area contributed by atoms with E-state index in [0.717, 1.165) is 0 Å². The Hall–Kier alpha value is -2.33. The molecule has 1 aliphatic rings. The number of hydrogen-bond donors (Lipinski definition) is 1. The van der Waals surface area contributed by atoms with Crippen molar-refractivity contribution in [3.63, 3.8) is 0 Å². The van der Waals surface area contributed by atoms with Crippen molar-refractivity contribution in [1.82, 2.24) is 14.7 Å². The normalized spacial score (nSPS) is 12.9. The molecule has 2 heterocycles. The molecule has 1 N–H and O–H groups in total. The van der Waals surface area contributed by atoms with Gasteiger partial charge in [-0.2, -0.15) is 5.10 Å². The fourth-order valence-corrected chi connectivity index (χ4v) is 3.81. The van der Waals surface area contributed by atoms with E-state index < -0.39 is 30.2 Å².